The fourth-order valence-electron chi connectivity index (χ4n) is 1.44. The van der Waals surface area contributed by atoms with E-state index in [4.69, 9.17) is 4.74 Å². The first-order chi connectivity index (χ1) is 7.11. The Labute approximate surface area is 93.8 Å². The Balaban J connectivity index is 3.80. The molecule has 0 aliphatic rings. The largest absolute Gasteiger partial charge is 0.378 e. The molecule has 1 amide bonds. The molecule has 0 spiro atoms. The average molecular weight is 215 g/mol. The zero-order valence-corrected chi connectivity index (χ0v) is 10.6. The van der Waals surface area contributed by atoms with Gasteiger partial charge in [-0.25, -0.2) is 0 Å². The molecule has 0 saturated carbocycles. The van der Waals surface area contributed by atoms with E-state index in [2.05, 4.69) is 13.8 Å². The van der Waals surface area contributed by atoms with Gasteiger partial charge in [-0.05, 0) is 26.7 Å². The molecule has 0 aromatic heterocycles. The van der Waals surface area contributed by atoms with Gasteiger partial charge in [-0.15, -0.1) is 0 Å². The molecule has 15 heavy (non-hydrogen) atoms. The molecule has 0 fully saturated rings. The zero-order chi connectivity index (χ0) is 11.7. The van der Waals surface area contributed by atoms with Crippen LogP contribution < -0.4 is 0 Å². The molecule has 0 aliphatic heterocycles. The fourth-order valence-corrected chi connectivity index (χ4v) is 1.44. The van der Waals surface area contributed by atoms with Gasteiger partial charge in [-0.3, -0.25) is 4.79 Å². The van der Waals surface area contributed by atoms with Gasteiger partial charge < -0.3 is 9.64 Å². The number of amides is 1. The Hall–Kier alpha value is -0.570. The number of carbonyl (C=O) groups excluding carboxylic acids is 1. The summed E-state index contributed by atoms with van der Waals surface area (Å²) in [7, 11) is 0. The van der Waals surface area contributed by atoms with Gasteiger partial charge in [0.1, 0.15) is 0 Å². The normalized spacial score (nSPS) is 10.7. The van der Waals surface area contributed by atoms with Gasteiger partial charge >= 0.3 is 0 Å². The van der Waals surface area contributed by atoms with Crippen molar-refractivity contribution in [2.45, 2.75) is 53.1 Å². The predicted molar refractivity (Wildman–Crippen MR) is 62.9 cm³/mol. The molecule has 0 radical (unpaired) electrons. The van der Waals surface area contributed by atoms with Crippen LogP contribution in [0.3, 0.4) is 0 Å². The maximum absolute atomic E-state index is 11.8. The lowest BCUT2D eigenvalue weighted by molar-refractivity contribution is -0.132. The molecule has 0 atom stereocenters. The molecule has 0 bridgehead atoms. The van der Waals surface area contributed by atoms with E-state index in [1.807, 2.05) is 18.7 Å². The van der Waals surface area contributed by atoms with E-state index < -0.39 is 0 Å². The van der Waals surface area contributed by atoms with E-state index in [0.717, 1.165) is 25.9 Å². The van der Waals surface area contributed by atoms with Gasteiger partial charge in [0, 0.05) is 13.1 Å². The van der Waals surface area contributed by atoms with Gasteiger partial charge in [-0.1, -0.05) is 13.8 Å². The number of rotatable bonds is 8. The third kappa shape index (κ3) is 7.37. The zero-order valence-electron chi connectivity index (χ0n) is 10.6. The van der Waals surface area contributed by atoms with Crippen LogP contribution in [-0.4, -0.2) is 36.6 Å². The van der Waals surface area contributed by atoms with Crippen LogP contribution in [0.1, 0.15) is 47.0 Å². The lowest BCUT2D eigenvalue weighted by Crippen LogP contribution is -2.33. The lowest BCUT2D eigenvalue weighted by atomic mass is 10.3. The highest BCUT2D eigenvalue weighted by atomic mass is 16.5. The highest BCUT2D eigenvalue weighted by Crippen LogP contribution is 2.00. The molecule has 0 aromatic carbocycles. The highest BCUT2D eigenvalue weighted by molar-refractivity contribution is 5.76. The smallest absolute Gasteiger partial charge is 0.224 e. The fraction of sp³-hybridized carbons (Fsp3) is 0.917. The minimum absolute atomic E-state index is 0.212. The number of hydrogen-bond acceptors (Lipinski definition) is 2. The summed E-state index contributed by atoms with van der Waals surface area (Å²) in [5.74, 6) is 0.222. The molecule has 0 heterocycles. The van der Waals surface area contributed by atoms with Crippen molar-refractivity contribution >= 4 is 5.91 Å². The quantitative estimate of drug-likeness (QED) is 0.622. The van der Waals surface area contributed by atoms with Crippen molar-refractivity contribution in [2.75, 3.05) is 19.7 Å². The second-order valence-corrected chi connectivity index (χ2v) is 4.05. The van der Waals surface area contributed by atoms with Crippen molar-refractivity contribution in [1.82, 2.24) is 4.90 Å². The summed E-state index contributed by atoms with van der Waals surface area (Å²) in [6, 6.07) is 0. The topological polar surface area (TPSA) is 29.5 Å². The SMILES string of the molecule is CCCN(CCC)C(=O)CCOC(C)C. The van der Waals surface area contributed by atoms with Crippen molar-refractivity contribution in [2.24, 2.45) is 0 Å². The molecule has 3 nitrogen and oxygen atoms in total. The Bertz CT molecular complexity index is 163. The van der Waals surface area contributed by atoms with Crippen molar-refractivity contribution in [3.8, 4) is 0 Å². The molecule has 0 aromatic rings. The van der Waals surface area contributed by atoms with Crippen LogP contribution in [-0.2, 0) is 9.53 Å². The molecular weight excluding hydrogens is 190 g/mol. The van der Waals surface area contributed by atoms with Gasteiger partial charge in [0.05, 0.1) is 19.1 Å². The first-order valence-electron chi connectivity index (χ1n) is 6.01. The van der Waals surface area contributed by atoms with E-state index in [1.54, 1.807) is 0 Å². The molecule has 0 aliphatic carbocycles. The molecule has 0 unspecified atom stereocenters. The Morgan fingerprint density at radius 2 is 1.73 bits per heavy atom. The van der Waals surface area contributed by atoms with Crippen LogP contribution in [0, 0.1) is 0 Å². The summed E-state index contributed by atoms with van der Waals surface area (Å²) in [6.07, 6.45) is 2.77. The minimum atomic E-state index is 0.212. The van der Waals surface area contributed by atoms with Crippen molar-refractivity contribution in [1.29, 1.82) is 0 Å². The van der Waals surface area contributed by atoms with E-state index in [0.29, 0.717) is 13.0 Å². The molecule has 90 valence electrons. The molecule has 0 N–H and O–H groups in total. The second kappa shape index (κ2) is 8.72. The molecule has 0 rings (SSSR count). The Morgan fingerprint density at radius 3 is 2.13 bits per heavy atom. The van der Waals surface area contributed by atoms with Crippen LogP contribution in [0.25, 0.3) is 0 Å². The van der Waals surface area contributed by atoms with E-state index >= 15 is 0 Å². The van der Waals surface area contributed by atoms with Crippen LogP contribution in [0.5, 0.6) is 0 Å². The maximum atomic E-state index is 11.8. The Kier molecular flexibility index (Phi) is 8.38. The van der Waals surface area contributed by atoms with Crippen LogP contribution in [0.4, 0.5) is 0 Å². The van der Waals surface area contributed by atoms with Gasteiger partial charge in [0.15, 0.2) is 0 Å². The van der Waals surface area contributed by atoms with Crippen molar-refractivity contribution in [3.63, 3.8) is 0 Å². The van der Waals surface area contributed by atoms with Crippen LogP contribution >= 0.6 is 0 Å². The van der Waals surface area contributed by atoms with Crippen molar-refractivity contribution < 1.29 is 9.53 Å². The summed E-state index contributed by atoms with van der Waals surface area (Å²) >= 11 is 0. The second-order valence-electron chi connectivity index (χ2n) is 4.05. The summed E-state index contributed by atoms with van der Waals surface area (Å²) in [5, 5.41) is 0. The van der Waals surface area contributed by atoms with Crippen LogP contribution in [0.2, 0.25) is 0 Å². The number of carbonyl (C=O) groups is 1. The van der Waals surface area contributed by atoms with E-state index in [1.165, 1.54) is 0 Å². The summed E-state index contributed by atoms with van der Waals surface area (Å²) in [5.41, 5.74) is 0. The van der Waals surface area contributed by atoms with Gasteiger partial charge in [-0.2, -0.15) is 0 Å². The maximum Gasteiger partial charge on any atom is 0.224 e. The van der Waals surface area contributed by atoms with Crippen molar-refractivity contribution in [3.05, 3.63) is 0 Å². The van der Waals surface area contributed by atoms with Crippen LogP contribution in [0.15, 0.2) is 0 Å². The summed E-state index contributed by atoms with van der Waals surface area (Å²) in [4.78, 5) is 13.7. The first kappa shape index (κ1) is 14.4. The third-order valence-electron chi connectivity index (χ3n) is 2.11. The number of ether oxygens (including phenoxy) is 1. The van der Waals surface area contributed by atoms with E-state index in [9.17, 15) is 4.79 Å². The predicted octanol–water partition coefficient (Wildman–Crippen LogP) is 2.45. The minimum Gasteiger partial charge on any atom is -0.378 e. The van der Waals surface area contributed by atoms with Gasteiger partial charge in [0.2, 0.25) is 5.91 Å². The average Bonchev–Trinajstić information content (AvgIpc) is 2.16. The van der Waals surface area contributed by atoms with E-state index in [-0.39, 0.29) is 12.0 Å². The molecular formula is C12H25NO2. The molecule has 3 heteroatoms. The summed E-state index contributed by atoms with van der Waals surface area (Å²) < 4.78 is 5.37. The lowest BCUT2D eigenvalue weighted by Gasteiger charge is -2.21. The first-order valence-corrected chi connectivity index (χ1v) is 6.01. The number of hydrogen-bond donors (Lipinski definition) is 0. The summed E-state index contributed by atoms with van der Waals surface area (Å²) in [6.45, 7) is 10.4. The third-order valence-corrected chi connectivity index (χ3v) is 2.11. The monoisotopic (exact) mass is 215 g/mol. The highest BCUT2D eigenvalue weighted by Gasteiger charge is 2.11. The molecule has 0 saturated heterocycles. The Morgan fingerprint density at radius 1 is 1.20 bits per heavy atom. The number of nitrogens with zero attached hydrogens (tertiary/aromatic N) is 1. The standard InChI is InChI=1S/C12H25NO2/c1-5-8-13(9-6-2)12(14)7-10-15-11(3)4/h11H,5-10H2,1-4H3. The van der Waals surface area contributed by atoms with Gasteiger partial charge in [0.25, 0.3) is 0 Å².